The molecule has 0 spiro atoms. The third-order valence-electron chi connectivity index (χ3n) is 5.60. The number of piperazine rings is 1. The standard InChI is InChI=1S/C20H24N6O2/c1-13-4-5-16(23-11-13)26-15(18-19(20(26)28)22-7-6-21-18)10-17(27)25-9-8-24(3)14(2)12-25/h4-7,11,14-15H,8-10,12H2,1-3H3/t14?,15-/m1/s1. The number of fused-ring (bicyclic) bond motifs is 1. The average molecular weight is 380 g/mol. The lowest BCUT2D eigenvalue weighted by Gasteiger charge is -2.38. The minimum Gasteiger partial charge on any atom is -0.340 e. The van der Waals surface area contributed by atoms with Gasteiger partial charge < -0.3 is 9.80 Å². The Labute approximate surface area is 164 Å². The SMILES string of the molecule is Cc1ccc(N2C(=O)c3nccnc3[C@H]2CC(=O)N2CCN(C)C(C)C2)nc1. The van der Waals surface area contributed by atoms with Crippen molar-refractivity contribution in [2.24, 2.45) is 0 Å². The molecule has 2 aliphatic heterocycles. The quantitative estimate of drug-likeness (QED) is 0.801. The molecule has 2 aliphatic rings. The van der Waals surface area contributed by atoms with E-state index in [9.17, 15) is 9.59 Å². The van der Waals surface area contributed by atoms with Crippen molar-refractivity contribution in [3.05, 3.63) is 47.7 Å². The van der Waals surface area contributed by atoms with Gasteiger partial charge in [0.25, 0.3) is 5.91 Å². The van der Waals surface area contributed by atoms with Gasteiger partial charge in [0.1, 0.15) is 5.82 Å². The van der Waals surface area contributed by atoms with E-state index in [0.29, 0.717) is 36.3 Å². The van der Waals surface area contributed by atoms with Crippen LogP contribution in [0.5, 0.6) is 0 Å². The lowest BCUT2D eigenvalue weighted by Crippen LogP contribution is -2.52. The zero-order valence-electron chi connectivity index (χ0n) is 16.4. The molecular formula is C20H24N6O2. The van der Waals surface area contributed by atoms with Crippen molar-refractivity contribution in [2.75, 3.05) is 31.6 Å². The van der Waals surface area contributed by atoms with E-state index in [1.807, 2.05) is 17.9 Å². The Morgan fingerprint density at radius 3 is 2.68 bits per heavy atom. The highest BCUT2D eigenvalue weighted by Gasteiger charge is 2.42. The number of aryl methyl sites for hydroxylation is 1. The van der Waals surface area contributed by atoms with Crippen LogP contribution < -0.4 is 4.90 Å². The van der Waals surface area contributed by atoms with Crippen molar-refractivity contribution in [2.45, 2.75) is 32.4 Å². The van der Waals surface area contributed by atoms with Crippen LogP contribution in [0.2, 0.25) is 0 Å². The van der Waals surface area contributed by atoms with Gasteiger partial charge in [0.15, 0.2) is 5.69 Å². The second-order valence-electron chi connectivity index (χ2n) is 7.55. The van der Waals surface area contributed by atoms with E-state index in [-0.39, 0.29) is 18.2 Å². The smallest absolute Gasteiger partial charge is 0.280 e. The number of hydrogen-bond donors (Lipinski definition) is 0. The van der Waals surface area contributed by atoms with E-state index in [1.54, 1.807) is 23.4 Å². The van der Waals surface area contributed by atoms with Gasteiger partial charge in [-0.15, -0.1) is 0 Å². The topological polar surface area (TPSA) is 82.5 Å². The molecule has 2 aromatic heterocycles. The normalized spacial score (nSPS) is 22.5. The molecule has 2 atom stereocenters. The molecule has 8 heteroatoms. The van der Waals surface area contributed by atoms with Gasteiger partial charge in [-0.3, -0.25) is 19.5 Å². The number of rotatable bonds is 3. The summed E-state index contributed by atoms with van der Waals surface area (Å²) >= 11 is 0. The largest absolute Gasteiger partial charge is 0.340 e. The Morgan fingerprint density at radius 2 is 1.96 bits per heavy atom. The van der Waals surface area contributed by atoms with Crippen LogP contribution in [0.15, 0.2) is 30.7 Å². The summed E-state index contributed by atoms with van der Waals surface area (Å²) in [6, 6.07) is 3.52. The number of amides is 2. The van der Waals surface area contributed by atoms with Crippen LogP contribution in [0.25, 0.3) is 0 Å². The number of carbonyl (C=O) groups excluding carboxylic acids is 2. The maximum absolute atomic E-state index is 13.1. The molecule has 0 bridgehead atoms. The minimum absolute atomic E-state index is 0.0216. The summed E-state index contributed by atoms with van der Waals surface area (Å²) < 4.78 is 0. The fourth-order valence-corrected chi connectivity index (χ4v) is 3.76. The third-order valence-corrected chi connectivity index (χ3v) is 5.60. The Kier molecular flexibility index (Phi) is 4.80. The predicted molar refractivity (Wildman–Crippen MR) is 104 cm³/mol. The highest BCUT2D eigenvalue weighted by atomic mass is 16.2. The van der Waals surface area contributed by atoms with E-state index in [1.165, 1.54) is 6.20 Å². The van der Waals surface area contributed by atoms with E-state index < -0.39 is 6.04 Å². The molecule has 0 aliphatic carbocycles. The molecule has 0 saturated carbocycles. The molecule has 2 aromatic rings. The number of aromatic nitrogens is 3. The number of hydrogen-bond acceptors (Lipinski definition) is 6. The molecule has 2 amide bonds. The number of anilines is 1. The Balaban J connectivity index is 1.63. The molecule has 1 unspecified atom stereocenters. The predicted octanol–water partition coefficient (Wildman–Crippen LogP) is 1.43. The van der Waals surface area contributed by atoms with Gasteiger partial charge in [-0.2, -0.15) is 0 Å². The van der Waals surface area contributed by atoms with Crippen LogP contribution in [-0.4, -0.2) is 69.3 Å². The van der Waals surface area contributed by atoms with E-state index in [4.69, 9.17) is 0 Å². The van der Waals surface area contributed by atoms with Crippen LogP contribution in [-0.2, 0) is 4.79 Å². The van der Waals surface area contributed by atoms with Crippen LogP contribution in [0, 0.1) is 6.92 Å². The summed E-state index contributed by atoms with van der Waals surface area (Å²) in [5.41, 5.74) is 1.85. The summed E-state index contributed by atoms with van der Waals surface area (Å²) in [6.45, 7) is 6.27. The van der Waals surface area contributed by atoms with E-state index in [0.717, 1.165) is 12.1 Å². The lowest BCUT2D eigenvalue weighted by atomic mass is 10.1. The van der Waals surface area contributed by atoms with Gasteiger partial charge in [-0.25, -0.2) is 9.97 Å². The number of nitrogens with zero attached hydrogens (tertiary/aromatic N) is 6. The fourth-order valence-electron chi connectivity index (χ4n) is 3.76. The summed E-state index contributed by atoms with van der Waals surface area (Å²) in [6.07, 6.45) is 4.95. The molecule has 0 aromatic carbocycles. The molecule has 28 heavy (non-hydrogen) atoms. The maximum atomic E-state index is 13.1. The molecular weight excluding hydrogens is 356 g/mol. The first kappa shape index (κ1) is 18.5. The monoisotopic (exact) mass is 380 g/mol. The van der Waals surface area contributed by atoms with Crippen molar-refractivity contribution in [3.63, 3.8) is 0 Å². The number of likely N-dealkylation sites (N-methyl/N-ethyl adjacent to an activating group) is 1. The number of pyridine rings is 1. The Bertz CT molecular complexity index is 900. The zero-order chi connectivity index (χ0) is 19.8. The fraction of sp³-hybridized carbons (Fsp3) is 0.450. The molecule has 8 nitrogen and oxygen atoms in total. The molecule has 0 N–H and O–H groups in total. The summed E-state index contributed by atoms with van der Waals surface area (Å²) in [4.78, 5) is 44.7. The van der Waals surface area contributed by atoms with Crippen molar-refractivity contribution >= 4 is 17.6 Å². The first-order valence-electron chi connectivity index (χ1n) is 9.51. The van der Waals surface area contributed by atoms with Crippen LogP contribution in [0.4, 0.5) is 5.82 Å². The van der Waals surface area contributed by atoms with Crippen LogP contribution in [0.1, 0.15) is 41.1 Å². The van der Waals surface area contributed by atoms with E-state index in [2.05, 4.69) is 33.8 Å². The summed E-state index contributed by atoms with van der Waals surface area (Å²) in [5, 5.41) is 0. The summed E-state index contributed by atoms with van der Waals surface area (Å²) in [7, 11) is 2.07. The highest BCUT2D eigenvalue weighted by Crippen LogP contribution is 2.37. The second kappa shape index (κ2) is 7.27. The first-order valence-corrected chi connectivity index (χ1v) is 9.51. The highest BCUT2D eigenvalue weighted by molar-refractivity contribution is 6.09. The maximum Gasteiger partial charge on any atom is 0.280 e. The molecule has 1 saturated heterocycles. The van der Waals surface area contributed by atoms with Gasteiger partial charge >= 0.3 is 0 Å². The van der Waals surface area contributed by atoms with Gasteiger partial charge in [0.2, 0.25) is 5.91 Å². The van der Waals surface area contributed by atoms with Crippen molar-refractivity contribution in [1.82, 2.24) is 24.8 Å². The zero-order valence-corrected chi connectivity index (χ0v) is 16.4. The third kappa shape index (κ3) is 3.24. The molecule has 4 heterocycles. The van der Waals surface area contributed by atoms with Gasteiger partial charge in [-0.1, -0.05) is 6.07 Å². The minimum atomic E-state index is -0.492. The van der Waals surface area contributed by atoms with Gasteiger partial charge in [0, 0.05) is 44.3 Å². The van der Waals surface area contributed by atoms with Crippen molar-refractivity contribution in [3.8, 4) is 0 Å². The molecule has 1 fully saturated rings. The van der Waals surface area contributed by atoms with E-state index >= 15 is 0 Å². The second-order valence-corrected chi connectivity index (χ2v) is 7.55. The van der Waals surface area contributed by atoms with Crippen molar-refractivity contribution < 1.29 is 9.59 Å². The molecule has 4 rings (SSSR count). The summed E-state index contributed by atoms with van der Waals surface area (Å²) in [5.74, 6) is 0.275. The van der Waals surface area contributed by atoms with Crippen LogP contribution >= 0.6 is 0 Å². The molecule has 0 radical (unpaired) electrons. The number of carbonyl (C=O) groups is 2. The average Bonchev–Trinajstić information content (AvgIpc) is 2.97. The van der Waals surface area contributed by atoms with Crippen molar-refractivity contribution in [1.29, 1.82) is 0 Å². The molecule has 146 valence electrons. The van der Waals surface area contributed by atoms with Gasteiger partial charge in [0.05, 0.1) is 18.2 Å². The Morgan fingerprint density at radius 1 is 1.18 bits per heavy atom. The lowest BCUT2D eigenvalue weighted by molar-refractivity contribution is -0.134. The first-order chi connectivity index (χ1) is 13.5. The van der Waals surface area contributed by atoms with Gasteiger partial charge in [-0.05, 0) is 32.5 Å². The van der Waals surface area contributed by atoms with Crippen LogP contribution in [0.3, 0.4) is 0 Å². The Hall–Kier alpha value is -2.87.